The highest BCUT2D eigenvalue weighted by Crippen LogP contribution is 2.06. The van der Waals surface area contributed by atoms with Crippen LogP contribution >= 0.6 is 0 Å². The molecule has 1 aliphatic rings. The van der Waals surface area contributed by atoms with E-state index in [2.05, 4.69) is 4.90 Å². The fourth-order valence-corrected chi connectivity index (χ4v) is 1.88. The van der Waals surface area contributed by atoms with Gasteiger partial charge in [0.25, 0.3) is 0 Å². The Morgan fingerprint density at radius 2 is 1.94 bits per heavy atom. The monoisotopic (exact) mass is 259 g/mol. The molecule has 1 aliphatic heterocycles. The zero-order valence-electron chi connectivity index (χ0n) is 10.5. The van der Waals surface area contributed by atoms with Crippen LogP contribution in [0, 0.1) is 0 Å². The van der Waals surface area contributed by atoms with Crippen LogP contribution in [0.2, 0.25) is 0 Å². The number of carboxylic acid groups (broad SMARTS) is 2. The molecule has 1 atom stereocenters. The summed E-state index contributed by atoms with van der Waals surface area (Å²) in [6.45, 7) is 5.25. The van der Waals surface area contributed by atoms with Gasteiger partial charge >= 0.3 is 5.97 Å². The van der Waals surface area contributed by atoms with Crippen molar-refractivity contribution in [1.82, 2.24) is 9.80 Å². The van der Waals surface area contributed by atoms with E-state index in [-0.39, 0.29) is 6.61 Å². The maximum atomic E-state index is 10.8. The molecule has 1 heterocycles. The number of hydrogen-bond acceptors (Lipinski definition) is 6. The molecular formula is C11H19N2O5-. The number of ether oxygens (including phenoxy) is 1. The van der Waals surface area contributed by atoms with E-state index in [0.717, 1.165) is 13.1 Å². The summed E-state index contributed by atoms with van der Waals surface area (Å²) in [4.78, 5) is 25.0. The number of rotatable bonds is 7. The number of carbonyl (C=O) groups is 2. The van der Waals surface area contributed by atoms with E-state index < -0.39 is 18.0 Å². The van der Waals surface area contributed by atoms with Crippen molar-refractivity contribution in [3.8, 4) is 0 Å². The normalized spacial score (nSPS) is 19.6. The van der Waals surface area contributed by atoms with Crippen LogP contribution < -0.4 is 5.11 Å². The molecule has 0 aromatic carbocycles. The first-order valence-corrected chi connectivity index (χ1v) is 5.97. The Labute approximate surface area is 106 Å². The number of carboxylic acids is 2. The van der Waals surface area contributed by atoms with Crippen molar-refractivity contribution in [2.75, 3.05) is 45.9 Å². The third kappa shape index (κ3) is 4.99. The van der Waals surface area contributed by atoms with Crippen molar-refractivity contribution in [2.24, 2.45) is 0 Å². The molecule has 0 spiro atoms. The summed E-state index contributed by atoms with van der Waals surface area (Å²) in [5.41, 5.74) is 0. The van der Waals surface area contributed by atoms with Gasteiger partial charge in [0.2, 0.25) is 0 Å². The number of aliphatic carboxylic acids is 2. The zero-order valence-corrected chi connectivity index (χ0v) is 10.5. The van der Waals surface area contributed by atoms with Crippen molar-refractivity contribution in [3.63, 3.8) is 0 Å². The van der Waals surface area contributed by atoms with Gasteiger partial charge in [-0.15, -0.1) is 0 Å². The van der Waals surface area contributed by atoms with Gasteiger partial charge in [-0.1, -0.05) is 0 Å². The number of carbonyl (C=O) groups excluding carboxylic acids is 1. The van der Waals surface area contributed by atoms with Crippen molar-refractivity contribution >= 4 is 11.9 Å². The van der Waals surface area contributed by atoms with Gasteiger partial charge in [0, 0.05) is 32.7 Å². The van der Waals surface area contributed by atoms with Crippen LogP contribution in [0.4, 0.5) is 0 Å². The second-order valence-corrected chi connectivity index (χ2v) is 4.32. The van der Waals surface area contributed by atoms with Crippen LogP contribution in [0.25, 0.3) is 0 Å². The lowest BCUT2D eigenvalue weighted by molar-refractivity contribution is -0.309. The molecule has 7 heteroatoms. The maximum Gasteiger partial charge on any atom is 0.320 e. The Hall–Kier alpha value is -1.18. The van der Waals surface area contributed by atoms with Crippen molar-refractivity contribution in [3.05, 3.63) is 0 Å². The molecule has 0 radical (unpaired) electrons. The van der Waals surface area contributed by atoms with Crippen LogP contribution in [0.15, 0.2) is 0 Å². The first-order chi connectivity index (χ1) is 8.50. The van der Waals surface area contributed by atoms with Crippen molar-refractivity contribution < 1.29 is 24.5 Å². The lowest BCUT2D eigenvalue weighted by Crippen LogP contribution is -2.52. The molecule has 1 fully saturated rings. The molecule has 0 amide bonds. The molecular weight excluding hydrogens is 240 g/mol. The largest absolute Gasteiger partial charge is 0.548 e. The molecule has 1 saturated heterocycles. The molecule has 1 unspecified atom stereocenters. The molecule has 1 N–H and O–H groups in total. The minimum absolute atomic E-state index is 0.350. The Morgan fingerprint density at radius 1 is 1.33 bits per heavy atom. The molecule has 104 valence electrons. The number of hydrogen-bond donors (Lipinski definition) is 1. The topological polar surface area (TPSA) is 93.1 Å². The van der Waals surface area contributed by atoms with Gasteiger partial charge in [0.15, 0.2) is 0 Å². The molecule has 0 bridgehead atoms. The SMILES string of the molecule is CC(C(=O)O)N1CCN(CCOCC(=O)[O-])CC1. The minimum atomic E-state index is -1.21. The molecule has 1 rings (SSSR count). The van der Waals surface area contributed by atoms with Crippen LogP contribution in [0.5, 0.6) is 0 Å². The third-order valence-corrected chi connectivity index (χ3v) is 3.08. The van der Waals surface area contributed by atoms with E-state index in [0.29, 0.717) is 26.2 Å². The summed E-state index contributed by atoms with van der Waals surface area (Å²) in [6.07, 6.45) is 0. The number of nitrogens with zero attached hydrogens (tertiary/aromatic N) is 2. The van der Waals surface area contributed by atoms with E-state index in [4.69, 9.17) is 9.84 Å². The second kappa shape index (κ2) is 7.30. The summed E-state index contributed by atoms with van der Waals surface area (Å²) < 4.78 is 4.90. The van der Waals surface area contributed by atoms with E-state index >= 15 is 0 Å². The Morgan fingerprint density at radius 3 is 2.44 bits per heavy atom. The van der Waals surface area contributed by atoms with Crippen molar-refractivity contribution in [2.45, 2.75) is 13.0 Å². The first kappa shape index (κ1) is 14.9. The van der Waals surface area contributed by atoms with Crippen LogP contribution in [0.1, 0.15) is 6.92 Å². The summed E-state index contributed by atoms with van der Waals surface area (Å²) in [7, 11) is 0. The van der Waals surface area contributed by atoms with Gasteiger partial charge in [-0.25, -0.2) is 0 Å². The fourth-order valence-electron chi connectivity index (χ4n) is 1.88. The average Bonchev–Trinajstić information content (AvgIpc) is 2.34. The highest BCUT2D eigenvalue weighted by atomic mass is 16.5. The predicted molar refractivity (Wildman–Crippen MR) is 60.9 cm³/mol. The summed E-state index contributed by atoms with van der Waals surface area (Å²) in [5, 5.41) is 19.0. The molecule has 0 aromatic rings. The predicted octanol–water partition coefficient (Wildman–Crippen LogP) is -2.16. The van der Waals surface area contributed by atoms with Gasteiger partial charge in [-0.05, 0) is 6.92 Å². The Bertz CT molecular complexity index is 289. The van der Waals surface area contributed by atoms with Gasteiger partial charge in [0.1, 0.15) is 6.04 Å². The summed E-state index contributed by atoms with van der Waals surface area (Å²) in [5.74, 6) is -2.02. The van der Waals surface area contributed by atoms with E-state index in [1.54, 1.807) is 6.92 Å². The Kier molecular flexibility index (Phi) is 6.03. The van der Waals surface area contributed by atoms with Gasteiger partial charge < -0.3 is 19.7 Å². The summed E-state index contributed by atoms with van der Waals surface area (Å²) >= 11 is 0. The molecule has 0 aliphatic carbocycles. The lowest BCUT2D eigenvalue weighted by Gasteiger charge is -2.36. The first-order valence-electron chi connectivity index (χ1n) is 5.97. The van der Waals surface area contributed by atoms with Crippen LogP contribution in [-0.4, -0.2) is 78.8 Å². The Balaban J connectivity index is 2.15. The molecule has 0 saturated carbocycles. The number of piperazine rings is 1. The molecule has 0 aromatic heterocycles. The van der Waals surface area contributed by atoms with Gasteiger partial charge in [-0.3, -0.25) is 14.6 Å². The van der Waals surface area contributed by atoms with Gasteiger partial charge in [0.05, 0.1) is 19.2 Å². The highest BCUT2D eigenvalue weighted by molar-refractivity contribution is 5.72. The lowest BCUT2D eigenvalue weighted by atomic mass is 10.2. The standard InChI is InChI=1S/C11H20N2O5/c1-9(11(16)17)13-4-2-12(3-5-13)6-7-18-8-10(14)15/h9H,2-8H2,1H3,(H,14,15)(H,16,17)/p-1. The zero-order chi connectivity index (χ0) is 13.5. The van der Waals surface area contributed by atoms with E-state index in [1.165, 1.54) is 0 Å². The van der Waals surface area contributed by atoms with Gasteiger partial charge in [-0.2, -0.15) is 0 Å². The van der Waals surface area contributed by atoms with E-state index in [9.17, 15) is 14.7 Å². The van der Waals surface area contributed by atoms with Crippen molar-refractivity contribution in [1.29, 1.82) is 0 Å². The summed E-state index contributed by atoms with van der Waals surface area (Å²) in [6, 6.07) is -0.457. The quantitative estimate of drug-likeness (QED) is 0.521. The highest BCUT2D eigenvalue weighted by Gasteiger charge is 2.24. The maximum absolute atomic E-state index is 10.8. The smallest absolute Gasteiger partial charge is 0.320 e. The minimum Gasteiger partial charge on any atom is -0.548 e. The van der Waals surface area contributed by atoms with E-state index in [1.807, 2.05) is 4.90 Å². The average molecular weight is 259 g/mol. The molecule has 7 nitrogen and oxygen atoms in total. The molecule has 18 heavy (non-hydrogen) atoms. The third-order valence-electron chi connectivity index (χ3n) is 3.08. The van der Waals surface area contributed by atoms with Crippen LogP contribution in [0.3, 0.4) is 0 Å². The van der Waals surface area contributed by atoms with Crippen LogP contribution in [-0.2, 0) is 14.3 Å². The fraction of sp³-hybridized carbons (Fsp3) is 0.818. The second-order valence-electron chi connectivity index (χ2n) is 4.32.